The number of sulfone groups is 1. The van der Waals surface area contributed by atoms with Crippen molar-refractivity contribution in [1.29, 1.82) is 0 Å². The molecule has 1 aromatic carbocycles. The summed E-state index contributed by atoms with van der Waals surface area (Å²) in [7, 11) is -4.08. The first-order valence-corrected chi connectivity index (χ1v) is 8.29. The van der Waals surface area contributed by atoms with Gasteiger partial charge in [0.1, 0.15) is 10.6 Å². The molecule has 114 valence electrons. The summed E-state index contributed by atoms with van der Waals surface area (Å²) in [5.74, 6) is -1.30. The van der Waals surface area contributed by atoms with Crippen LogP contribution in [0.2, 0.25) is 5.02 Å². The summed E-state index contributed by atoms with van der Waals surface area (Å²) in [6.45, 7) is 1.05. The van der Waals surface area contributed by atoms with Crippen LogP contribution >= 0.6 is 11.6 Å². The van der Waals surface area contributed by atoms with Gasteiger partial charge < -0.3 is 4.90 Å². The van der Waals surface area contributed by atoms with Crippen LogP contribution in [0.5, 0.6) is 0 Å². The van der Waals surface area contributed by atoms with Crippen molar-refractivity contribution in [2.75, 3.05) is 18.8 Å². The molecule has 0 bridgehead atoms. The molecule has 0 radical (unpaired) electrons. The highest BCUT2D eigenvalue weighted by Crippen LogP contribution is 2.28. The summed E-state index contributed by atoms with van der Waals surface area (Å²) in [6, 6.07) is 3.28. The topological polar surface area (TPSA) is 97.6 Å². The van der Waals surface area contributed by atoms with Crippen LogP contribution in [0, 0.1) is 10.1 Å². The number of hydrogen-bond acceptors (Lipinski definition) is 5. The minimum Gasteiger partial charge on any atom is -0.342 e. The fraction of sp³-hybridized carbons (Fsp3) is 0.417. The average Bonchev–Trinajstić information content (AvgIpc) is 2.91. The minimum absolute atomic E-state index is 0.0616. The van der Waals surface area contributed by atoms with Crippen LogP contribution in [0.25, 0.3) is 0 Å². The quantitative estimate of drug-likeness (QED) is 0.616. The van der Waals surface area contributed by atoms with E-state index in [9.17, 15) is 23.3 Å². The second kappa shape index (κ2) is 5.98. The van der Waals surface area contributed by atoms with E-state index in [0.717, 1.165) is 25.0 Å². The van der Waals surface area contributed by atoms with E-state index in [4.69, 9.17) is 11.6 Å². The van der Waals surface area contributed by atoms with Crippen LogP contribution in [-0.4, -0.2) is 43.0 Å². The molecule has 0 spiro atoms. The summed E-state index contributed by atoms with van der Waals surface area (Å²) in [5.41, 5.74) is -0.614. The molecule has 1 aliphatic heterocycles. The number of amides is 1. The zero-order valence-electron chi connectivity index (χ0n) is 11.0. The van der Waals surface area contributed by atoms with Crippen molar-refractivity contribution in [2.24, 2.45) is 0 Å². The number of hydrogen-bond donors (Lipinski definition) is 0. The molecule has 1 aliphatic rings. The summed E-state index contributed by atoms with van der Waals surface area (Å²) >= 11 is 5.65. The molecule has 1 amide bonds. The van der Waals surface area contributed by atoms with Crippen LogP contribution < -0.4 is 0 Å². The number of rotatable bonds is 4. The Hall–Kier alpha value is -1.67. The molecule has 0 atom stereocenters. The highest BCUT2D eigenvalue weighted by molar-refractivity contribution is 7.92. The fourth-order valence-electron chi connectivity index (χ4n) is 2.19. The van der Waals surface area contributed by atoms with Gasteiger partial charge in [-0.25, -0.2) is 8.42 Å². The average molecular weight is 333 g/mol. The third-order valence-electron chi connectivity index (χ3n) is 3.23. The standard InChI is InChI=1S/C12H13ClN2O5S/c13-9-3-4-11(10(7-9)15(17)18)21(19,20)8-12(16)14-5-1-2-6-14/h3-4,7H,1-2,5-6,8H2. The summed E-state index contributed by atoms with van der Waals surface area (Å²) in [6.07, 6.45) is 1.68. The lowest BCUT2D eigenvalue weighted by Gasteiger charge is -2.15. The highest BCUT2D eigenvalue weighted by atomic mass is 35.5. The number of nitro benzene ring substituents is 1. The smallest absolute Gasteiger partial charge is 0.289 e. The maximum atomic E-state index is 12.2. The van der Waals surface area contributed by atoms with E-state index in [1.807, 2.05) is 0 Å². The van der Waals surface area contributed by atoms with Crippen LogP contribution in [0.15, 0.2) is 23.1 Å². The number of carbonyl (C=O) groups is 1. The zero-order chi connectivity index (χ0) is 15.6. The fourth-order valence-corrected chi connectivity index (χ4v) is 3.75. The van der Waals surface area contributed by atoms with Crippen LogP contribution in [0.3, 0.4) is 0 Å². The monoisotopic (exact) mass is 332 g/mol. The predicted molar refractivity (Wildman–Crippen MR) is 76.0 cm³/mol. The van der Waals surface area contributed by atoms with Gasteiger partial charge in [0, 0.05) is 24.2 Å². The lowest BCUT2D eigenvalue weighted by atomic mass is 10.3. The molecule has 1 heterocycles. The van der Waals surface area contributed by atoms with E-state index in [1.165, 1.54) is 11.0 Å². The number of carbonyl (C=O) groups excluding carboxylic acids is 1. The second-order valence-corrected chi connectivity index (χ2v) is 7.11. The summed E-state index contributed by atoms with van der Waals surface area (Å²) in [4.78, 5) is 23.0. The molecule has 21 heavy (non-hydrogen) atoms. The SMILES string of the molecule is O=C(CS(=O)(=O)c1ccc(Cl)cc1[N+](=O)[O-])N1CCCC1. The zero-order valence-corrected chi connectivity index (χ0v) is 12.6. The number of benzene rings is 1. The van der Waals surface area contributed by atoms with Gasteiger partial charge in [0.15, 0.2) is 9.84 Å². The molecule has 0 N–H and O–H groups in total. The molecule has 0 aromatic heterocycles. The Bertz CT molecular complexity index is 683. The van der Waals surface area contributed by atoms with Crippen molar-refractivity contribution in [1.82, 2.24) is 4.90 Å². The minimum atomic E-state index is -4.08. The molecule has 7 nitrogen and oxygen atoms in total. The first kappa shape index (κ1) is 15.7. The van der Waals surface area contributed by atoms with Gasteiger partial charge in [-0.05, 0) is 25.0 Å². The Morgan fingerprint density at radius 3 is 2.52 bits per heavy atom. The molecular weight excluding hydrogens is 320 g/mol. The molecule has 1 fully saturated rings. The number of nitrogens with zero attached hydrogens (tertiary/aromatic N) is 2. The van der Waals surface area contributed by atoms with Crippen molar-refractivity contribution in [3.8, 4) is 0 Å². The van der Waals surface area contributed by atoms with Crippen molar-refractivity contribution in [3.05, 3.63) is 33.3 Å². The Balaban J connectivity index is 2.31. The van der Waals surface area contributed by atoms with Gasteiger partial charge in [0.2, 0.25) is 5.91 Å². The third kappa shape index (κ3) is 3.51. The number of halogens is 1. The van der Waals surface area contributed by atoms with Crippen LogP contribution in [0.4, 0.5) is 5.69 Å². The molecule has 9 heteroatoms. The first-order valence-electron chi connectivity index (χ1n) is 6.26. The summed E-state index contributed by atoms with van der Waals surface area (Å²) < 4.78 is 24.5. The van der Waals surface area contributed by atoms with Crippen LogP contribution in [-0.2, 0) is 14.6 Å². The van der Waals surface area contributed by atoms with Gasteiger partial charge in [-0.2, -0.15) is 0 Å². The van der Waals surface area contributed by atoms with Crippen molar-refractivity contribution in [2.45, 2.75) is 17.7 Å². The van der Waals surface area contributed by atoms with E-state index >= 15 is 0 Å². The van der Waals surface area contributed by atoms with Crippen LogP contribution in [0.1, 0.15) is 12.8 Å². The predicted octanol–water partition coefficient (Wildman–Crippen LogP) is 1.64. The summed E-state index contributed by atoms with van der Waals surface area (Å²) in [5, 5.41) is 11.0. The second-order valence-electron chi connectivity index (χ2n) is 4.72. The van der Waals surface area contributed by atoms with Gasteiger partial charge in [0.25, 0.3) is 5.69 Å². The highest BCUT2D eigenvalue weighted by Gasteiger charge is 2.30. The molecule has 1 aromatic rings. The van der Waals surface area contributed by atoms with E-state index in [-0.39, 0.29) is 5.02 Å². The number of likely N-dealkylation sites (tertiary alicyclic amines) is 1. The maximum Gasteiger partial charge on any atom is 0.289 e. The van der Waals surface area contributed by atoms with Gasteiger partial charge in [-0.3, -0.25) is 14.9 Å². The van der Waals surface area contributed by atoms with E-state index < -0.39 is 37.0 Å². The third-order valence-corrected chi connectivity index (χ3v) is 5.10. The Labute approximate surface area is 126 Å². The molecular formula is C12H13ClN2O5S. The van der Waals surface area contributed by atoms with Crippen molar-refractivity contribution in [3.63, 3.8) is 0 Å². The van der Waals surface area contributed by atoms with Gasteiger partial charge >= 0.3 is 0 Å². The molecule has 2 rings (SSSR count). The molecule has 1 saturated heterocycles. The molecule has 0 saturated carbocycles. The molecule has 0 aliphatic carbocycles. The van der Waals surface area contributed by atoms with Crippen molar-refractivity contribution >= 4 is 33.0 Å². The first-order chi connectivity index (χ1) is 9.81. The van der Waals surface area contributed by atoms with Crippen molar-refractivity contribution < 1.29 is 18.1 Å². The van der Waals surface area contributed by atoms with Gasteiger partial charge in [-0.15, -0.1) is 0 Å². The van der Waals surface area contributed by atoms with Gasteiger partial charge in [0.05, 0.1) is 4.92 Å². The van der Waals surface area contributed by atoms with E-state index in [1.54, 1.807) is 0 Å². The lowest BCUT2D eigenvalue weighted by molar-refractivity contribution is -0.387. The largest absolute Gasteiger partial charge is 0.342 e. The molecule has 0 unspecified atom stereocenters. The Morgan fingerprint density at radius 1 is 1.33 bits per heavy atom. The normalized spacial score (nSPS) is 15.2. The number of nitro groups is 1. The van der Waals surface area contributed by atoms with E-state index in [2.05, 4.69) is 0 Å². The maximum absolute atomic E-state index is 12.2. The Morgan fingerprint density at radius 2 is 1.95 bits per heavy atom. The lowest BCUT2D eigenvalue weighted by Crippen LogP contribution is -2.33. The Kier molecular flexibility index (Phi) is 4.48. The van der Waals surface area contributed by atoms with Gasteiger partial charge in [-0.1, -0.05) is 11.6 Å². The van der Waals surface area contributed by atoms with E-state index in [0.29, 0.717) is 13.1 Å².